The fourth-order valence-electron chi connectivity index (χ4n) is 2.21. The number of nitrogens with two attached hydrogens (primary N) is 2. The van der Waals surface area contributed by atoms with Gasteiger partial charge in [0.05, 0.1) is 13.1 Å². The van der Waals surface area contributed by atoms with Crippen LogP contribution in [0.3, 0.4) is 0 Å². The monoisotopic (exact) mass is 373 g/mol. The molecule has 10 nitrogen and oxygen atoms in total. The van der Waals surface area contributed by atoms with Gasteiger partial charge in [-0.1, -0.05) is 20.3 Å². The van der Waals surface area contributed by atoms with Crippen LogP contribution in [0.15, 0.2) is 0 Å². The van der Waals surface area contributed by atoms with Gasteiger partial charge in [0.2, 0.25) is 17.7 Å². The number of hydrogen-bond donors (Lipinski definition) is 6. The fourth-order valence-corrected chi connectivity index (χ4v) is 2.21. The van der Waals surface area contributed by atoms with E-state index in [2.05, 4.69) is 16.0 Å². The molecule has 0 rings (SSSR count). The number of carboxylic acid groups (broad SMARTS) is 1. The smallest absolute Gasteiger partial charge is 0.326 e. The van der Waals surface area contributed by atoms with Gasteiger partial charge in [-0.05, 0) is 31.7 Å². The predicted molar refractivity (Wildman–Crippen MR) is 95.9 cm³/mol. The summed E-state index contributed by atoms with van der Waals surface area (Å²) < 4.78 is 0. The van der Waals surface area contributed by atoms with Gasteiger partial charge in [-0.2, -0.15) is 0 Å². The average Bonchev–Trinajstić information content (AvgIpc) is 2.62. The predicted octanol–water partition coefficient (Wildman–Crippen LogP) is -1.71. The van der Waals surface area contributed by atoms with E-state index >= 15 is 0 Å². The lowest BCUT2D eigenvalue weighted by molar-refractivity contribution is -0.142. The van der Waals surface area contributed by atoms with E-state index in [9.17, 15) is 19.2 Å². The minimum Gasteiger partial charge on any atom is -0.480 e. The molecular formula is C16H31N5O5. The zero-order valence-corrected chi connectivity index (χ0v) is 15.4. The van der Waals surface area contributed by atoms with E-state index in [0.29, 0.717) is 25.8 Å². The molecule has 26 heavy (non-hydrogen) atoms. The Labute approximate surface area is 153 Å². The molecule has 0 saturated carbocycles. The highest BCUT2D eigenvalue weighted by Crippen LogP contribution is 2.08. The van der Waals surface area contributed by atoms with Crippen LogP contribution >= 0.6 is 0 Å². The molecular weight excluding hydrogens is 342 g/mol. The lowest BCUT2D eigenvalue weighted by Crippen LogP contribution is -2.53. The molecule has 0 heterocycles. The number of nitrogens with one attached hydrogen (secondary N) is 3. The number of hydrogen-bond acceptors (Lipinski definition) is 6. The van der Waals surface area contributed by atoms with E-state index in [0.717, 1.165) is 0 Å². The van der Waals surface area contributed by atoms with E-state index in [1.165, 1.54) is 0 Å². The van der Waals surface area contributed by atoms with Gasteiger partial charge in [-0.25, -0.2) is 4.79 Å². The molecule has 3 unspecified atom stereocenters. The molecule has 0 aromatic carbocycles. The van der Waals surface area contributed by atoms with Crippen LogP contribution in [0.4, 0.5) is 0 Å². The molecule has 3 amide bonds. The zero-order chi connectivity index (χ0) is 20.1. The number of rotatable bonds is 13. The van der Waals surface area contributed by atoms with Crippen molar-refractivity contribution in [2.45, 2.75) is 51.6 Å². The molecule has 0 aliphatic heterocycles. The third kappa shape index (κ3) is 9.33. The second-order valence-electron chi connectivity index (χ2n) is 6.10. The average molecular weight is 373 g/mol. The van der Waals surface area contributed by atoms with Crippen molar-refractivity contribution in [1.29, 1.82) is 0 Å². The fraction of sp³-hybridized carbons (Fsp3) is 0.750. The first-order valence-corrected chi connectivity index (χ1v) is 8.76. The molecule has 0 spiro atoms. The van der Waals surface area contributed by atoms with E-state index in [1.807, 2.05) is 6.92 Å². The molecule has 0 radical (unpaired) electrons. The highest BCUT2D eigenvalue weighted by Gasteiger charge is 2.26. The Kier molecular flexibility index (Phi) is 12.0. The Morgan fingerprint density at radius 3 is 2.19 bits per heavy atom. The Balaban J connectivity index is 4.61. The molecule has 3 atom stereocenters. The summed E-state index contributed by atoms with van der Waals surface area (Å²) in [4.78, 5) is 46.8. The van der Waals surface area contributed by atoms with Gasteiger partial charge in [0.1, 0.15) is 12.1 Å². The van der Waals surface area contributed by atoms with Gasteiger partial charge in [-0.15, -0.1) is 0 Å². The molecule has 0 aliphatic carbocycles. The van der Waals surface area contributed by atoms with E-state index < -0.39 is 35.8 Å². The van der Waals surface area contributed by atoms with Crippen molar-refractivity contribution >= 4 is 23.7 Å². The lowest BCUT2D eigenvalue weighted by Gasteiger charge is -2.23. The van der Waals surface area contributed by atoms with Crippen molar-refractivity contribution in [2.24, 2.45) is 17.4 Å². The van der Waals surface area contributed by atoms with Crippen LogP contribution in [0, 0.1) is 5.92 Å². The largest absolute Gasteiger partial charge is 0.480 e. The Morgan fingerprint density at radius 2 is 1.69 bits per heavy atom. The van der Waals surface area contributed by atoms with Crippen LogP contribution in [-0.4, -0.2) is 60.5 Å². The summed E-state index contributed by atoms with van der Waals surface area (Å²) in [6.07, 6.45) is 2.13. The van der Waals surface area contributed by atoms with E-state index in [1.54, 1.807) is 6.92 Å². The van der Waals surface area contributed by atoms with Crippen molar-refractivity contribution in [3.05, 3.63) is 0 Å². The number of carboxylic acids is 1. The second-order valence-corrected chi connectivity index (χ2v) is 6.10. The first-order chi connectivity index (χ1) is 12.3. The Morgan fingerprint density at radius 1 is 1.04 bits per heavy atom. The summed E-state index contributed by atoms with van der Waals surface area (Å²) >= 11 is 0. The molecule has 0 saturated heterocycles. The number of unbranched alkanes of at least 4 members (excludes halogenated alkanes) is 1. The van der Waals surface area contributed by atoms with Crippen molar-refractivity contribution in [3.8, 4) is 0 Å². The van der Waals surface area contributed by atoms with Gasteiger partial charge in [0.25, 0.3) is 0 Å². The molecule has 0 fully saturated rings. The molecule has 10 heteroatoms. The van der Waals surface area contributed by atoms with Crippen molar-refractivity contribution < 1.29 is 24.3 Å². The Bertz CT molecular complexity index is 486. The van der Waals surface area contributed by atoms with Crippen LogP contribution in [0.5, 0.6) is 0 Å². The van der Waals surface area contributed by atoms with Gasteiger partial charge in [0.15, 0.2) is 0 Å². The zero-order valence-electron chi connectivity index (χ0n) is 15.4. The Hall–Kier alpha value is -2.20. The summed E-state index contributed by atoms with van der Waals surface area (Å²) in [5.74, 6) is -2.91. The normalized spacial score (nSPS) is 14.0. The summed E-state index contributed by atoms with van der Waals surface area (Å²) in [6.45, 7) is 3.47. The van der Waals surface area contributed by atoms with Gasteiger partial charge >= 0.3 is 5.97 Å². The van der Waals surface area contributed by atoms with Crippen LogP contribution in [0.2, 0.25) is 0 Å². The van der Waals surface area contributed by atoms with E-state index in [4.69, 9.17) is 16.6 Å². The van der Waals surface area contributed by atoms with Crippen molar-refractivity contribution in [2.75, 3.05) is 19.6 Å². The molecule has 150 valence electrons. The first kappa shape index (κ1) is 23.8. The maximum Gasteiger partial charge on any atom is 0.326 e. The molecule has 0 bridgehead atoms. The third-order valence-electron chi connectivity index (χ3n) is 4.00. The number of amides is 3. The second kappa shape index (κ2) is 13.1. The highest BCUT2D eigenvalue weighted by atomic mass is 16.4. The number of carbonyl (C=O) groups is 4. The van der Waals surface area contributed by atoms with Gasteiger partial charge in [0, 0.05) is 0 Å². The molecule has 0 aliphatic rings. The molecule has 8 N–H and O–H groups in total. The lowest BCUT2D eigenvalue weighted by atomic mass is 9.98. The minimum absolute atomic E-state index is 0.156. The SMILES string of the molecule is CCC(C)C(NC(=O)CN)C(=O)NCC(=O)NC(CCCCN)C(=O)O. The van der Waals surface area contributed by atoms with Gasteiger partial charge < -0.3 is 32.5 Å². The maximum atomic E-state index is 12.3. The summed E-state index contributed by atoms with van der Waals surface area (Å²) in [5, 5.41) is 16.4. The standard InChI is InChI=1S/C16H31N5O5/c1-3-10(2)14(21-12(22)8-18)15(24)19-9-13(23)20-11(16(25)26)6-4-5-7-17/h10-11,14H,3-9,17-18H2,1-2H3,(H,19,24)(H,20,23)(H,21,22)(H,25,26). The maximum absolute atomic E-state index is 12.3. The first-order valence-electron chi connectivity index (χ1n) is 8.76. The van der Waals surface area contributed by atoms with Gasteiger partial charge in [-0.3, -0.25) is 14.4 Å². The number of aliphatic carboxylic acids is 1. The van der Waals surface area contributed by atoms with Crippen LogP contribution in [0.25, 0.3) is 0 Å². The topological polar surface area (TPSA) is 177 Å². The van der Waals surface area contributed by atoms with Crippen molar-refractivity contribution in [3.63, 3.8) is 0 Å². The highest BCUT2D eigenvalue weighted by molar-refractivity contribution is 5.92. The summed E-state index contributed by atoms with van der Waals surface area (Å²) in [7, 11) is 0. The molecule has 0 aromatic heterocycles. The third-order valence-corrected chi connectivity index (χ3v) is 4.00. The van der Waals surface area contributed by atoms with E-state index in [-0.39, 0.29) is 25.4 Å². The summed E-state index contributed by atoms with van der Waals surface area (Å²) in [6, 6.07) is -1.85. The number of carbonyl (C=O) groups excluding carboxylic acids is 3. The van der Waals surface area contributed by atoms with Crippen LogP contribution in [-0.2, 0) is 19.2 Å². The van der Waals surface area contributed by atoms with Crippen molar-refractivity contribution in [1.82, 2.24) is 16.0 Å². The van der Waals surface area contributed by atoms with Crippen LogP contribution < -0.4 is 27.4 Å². The quantitative estimate of drug-likeness (QED) is 0.208. The minimum atomic E-state index is -1.14. The molecule has 0 aromatic rings. The van der Waals surface area contributed by atoms with Crippen LogP contribution in [0.1, 0.15) is 39.5 Å². The summed E-state index contributed by atoms with van der Waals surface area (Å²) in [5.41, 5.74) is 10.6.